The van der Waals surface area contributed by atoms with Gasteiger partial charge in [0.2, 0.25) is 0 Å². The minimum atomic E-state index is -0.192. The molecule has 0 heterocycles. The van der Waals surface area contributed by atoms with Crippen molar-refractivity contribution in [1.29, 1.82) is 0 Å². The van der Waals surface area contributed by atoms with E-state index in [1.807, 2.05) is 6.07 Å². The Morgan fingerprint density at radius 1 is 1.44 bits per heavy atom. The maximum atomic E-state index is 12.9. The highest BCUT2D eigenvalue weighted by Crippen LogP contribution is 2.47. The molecular formula is C13H17BrFN. The van der Waals surface area contributed by atoms with Crippen LogP contribution in [0.15, 0.2) is 22.7 Å². The molecule has 16 heavy (non-hydrogen) atoms. The summed E-state index contributed by atoms with van der Waals surface area (Å²) < 4.78 is 13.7. The first-order valence-corrected chi connectivity index (χ1v) is 6.59. The summed E-state index contributed by atoms with van der Waals surface area (Å²) in [5, 5.41) is 3.46. The SMILES string of the molecule is CCC1(CNCc2ccc(F)cc2Br)CC1. The van der Waals surface area contributed by atoms with Crippen molar-refractivity contribution in [2.75, 3.05) is 6.54 Å². The molecule has 0 bridgehead atoms. The lowest BCUT2D eigenvalue weighted by molar-refractivity contribution is 0.443. The molecule has 1 aromatic rings. The molecule has 0 amide bonds. The Bertz CT molecular complexity index is 374. The first-order valence-electron chi connectivity index (χ1n) is 5.80. The zero-order valence-corrected chi connectivity index (χ0v) is 11.1. The minimum absolute atomic E-state index is 0.192. The number of benzene rings is 1. The summed E-state index contributed by atoms with van der Waals surface area (Å²) in [6.45, 7) is 4.14. The molecule has 0 aliphatic heterocycles. The van der Waals surface area contributed by atoms with Gasteiger partial charge >= 0.3 is 0 Å². The molecule has 2 rings (SSSR count). The average molecular weight is 286 g/mol. The van der Waals surface area contributed by atoms with Crippen LogP contribution in [0.4, 0.5) is 4.39 Å². The number of halogens is 2. The molecule has 1 aliphatic rings. The van der Waals surface area contributed by atoms with Gasteiger partial charge in [0.05, 0.1) is 0 Å². The molecule has 88 valence electrons. The average Bonchev–Trinajstić information content (AvgIpc) is 3.02. The second-order valence-electron chi connectivity index (χ2n) is 4.69. The molecule has 1 fully saturated rings. The van der Waals surface area contributed by atoms with Gasteiger partial charge in [-0.1, -0.05) is 28.9 Å². The third-order valence-electron chi connectivity index (χ3n) is 3.54. The predicted molar refractivity (Wildman–Crippen MR) is 67.8 cm³/mol. The first kappa shape index (κ1) is 12.1. The summed E-state index contributed by atoms with van der Waals surface area (Å²) in [7, 11) is 0. The molecule has 0 aromatic heterocycles. The molecule has 1 N–H and O–H groups in total. The van der Waals surface area contributed by atoms with Crippen molar-refractivity contribution in [3.8, 4) is 0 Å². The van der Waals surface area contributed by atoms with Crippen molar-refractivity contribution in [3.05, 3.63) is 34.1 Å². The van der Waals surface area contributed by atoms with E-state index >= 15 is 0 Å². The molecule has 1 saturated carbocycles. The number of hydrogen-bond donors (Lipinski definition) is 1. The van der Waals surface area contributed by atoms with E-state index in [9.17, 15) is 4.39 Å². The van der Waals surface area contributed by atoms with E-state index in [4.69, 9.17) is 0 Å². The Hall–Kier alpha value is -0.410. The number of hydrogen-bond acceptors (Lipinski definition) is 1. The van der Waals surface area contributed by atoms with E-state index in [0.717, 1.165) is 23.1 Å². The van der Waals surface area contributed by atoms with Crippen molar-refractivity contribution in [1.82, 2.24) is 5.32 Å². The second kappa shape index (κ2) is 4.84. The lowest BCUT2D eigenvalue weighted by atomic mass is 10.0. The van der Waals surface area contributed by atoms with Crippen molar-refractivity contribution in [2.45, 2.75) is 32.7 Å². The zero-order valence-electron chi connectivity index (χ0n) is 9.52. The Balaban J connectivity index is 1.85. The first-order chi connectivity index (χ1) is 7.65. The van der Waals surface area contributed by atoms with E-state index < -0.39 is 0 Å². The van der Waals surface area contributed by atoms with Gasteiger partial charge < -0.3 is 5.32 Å². The highest BCUT2D eigenvalue weighted by molar-refractivity contribution is 9.10. The van der Waals surface area contributed by atoms with E-state index in [2.05, 4.69) is 28.2 Å². The highest BCUT2D eigenvalue weighted by atomic mass is 79.9. The molecule has 0 atom stereocenters. The number of nitrogens with one attached hydrogen (secondary N) is 1. The summed E-state index contributed by atoms with van der Waals surface area (Å²) >= 11 is 3.38. The van der Waals surface area contributed by atoms with Crippen LogP contribution in [0.1, 0.15) is 31.7 Å². The highest BCUT2D eigenvalue weighted by Gasteiger charge is 2.39. The summed E-state index contributed by atoms with van der Waals surface area (Å²) in [4.78, 5) is 0. The van der Waals surface area contributed by atoms with Crippen LogP contribution in [0.25, 0.3) is 0 Å². The number of rotatable bonds is 5. The largest absolute Gasteiger partial charge is 0.312 e. The van der Waals surface area contributed by atoms with Gasteiger partial charge in [0.15, 0.2) is 0 Å². The lowest BCUT2D eigenvalue weighted by Crippen LogP contribution is -2.23. The maximum Gasteiger partial charge on any atom is 0.124 e. The van der Waals surface area contributed by atoms with Crippen LogP contribution in [0, 0.1) is 11.2 Å². The summed E-state index contributed by atoms with van der Waals surface area (Å²) in [5.74, 6) is -0.192. The van der Waals surface area contributed by atoms with Gasteiger partial charge in [-0.05, 0) is 42.4 Å². The molecule has 0 unspecified atom stereocenters. The van der Waals surface area contributed by atoms with Gasteiger partial charge in [-0.25, -0.2) is 4.39 Å². The van der Waals surface area contributed by atoms with E-state index in [1.165, 1.54) is 31.4 Å². The molecule has 1 aliphatic carbocycles. The fourth-order valence-corrected chi connectivity index (χ4v) is 2.45. The Kier molecular flexibility index (Phi) is 3.65. The van der Waals surface area contributed by atoms with Crippen LogP contribution in [0.5, 0.6) is 0 Å². The minimum Gasteiger partial charge on any atom is -0.312 e. The van der Waals surface area contributed by atoms with Crippen LogP contribution in [0.2, 0.25) is 0 Å². The van der Waals surface area contributed by atoms with Crippen molar-refractivity contribution in [3.63, 3.8) is 0 Å². The Labute approximate surface area is 105 Å². The van der Waals surface area contributed by atoms with Crippen LogP contribution in [-0.2, 0) is 6.54 Å². The maximum absolute atomic E-state index is 12.9. The van der Waals surface area contributed by atoms with Gasteiger partial charge in [-0.3, -0.25) is 0 Å². The van der Waals surface area contributed by atoms with E-state index in [-0.39, 0.29) is 5.82 Å². The van der Waals surface area contributed by atoms with Crippen LogP contribution in [0.3, 0.4) is 0 Å². The second-order valence-corrected chi connectivity index (χ2v) is 5.55. The van der Waals surface area contributed by atoms with Gasteiger partial charge in [-0.15, -0.1) is 0 Å². The van der Waals surface area contributed by atoms with E-state index in [1.54, 1.807) is 0 Å². The summed E-state index contributed by atoms with van der Waals surface area (Å²) in [6.07, 6.45) is 3.95. The van der Waals surface area contributed by atoms with Crippen LogP contribution < -0.4 is 5.32 Å². The third-order valence-corrected chi connectivity index (χ3v) is 4.28. The Morgan fingerprint density at radius 2 is 2.19 bits per heavy atom. The summed E-state index contributed by atoms with van der Waals surface area (Å²) in [5.41, 5.74) is 1.68. The monoisotopic (exact) mass is 285 g/mol. The van der Waals surface area contributed by atoms with Crippen LogP contribution >= 0.6 is 15.9 Å². The molecule has 1 aromatic carbocycles. The van der Waals surface area contributed by atoms with Gasteiger partial charge in [0.1, 0.15) is 5.82 Å². The standard InChI is InChI=1S/C13H17BrFN/c1-2-13(5-6-13)9-16-8-10-3-4-11(15)7-12(10)14/h3-4,7,16H,2,5-6,8-9H2,1H3. The van der Waals surface area contributed by atoms with Gasteiger partial charge in [0, 0.05) is 17.6 Å². The van der Waals surface area contributed by atoms with Gasteiger partial charge in [-0.2, -0.15) is 0 Å². The third kappa shape index (κ3) is 2.83. The van der Waals surface area contributed by atoms with Gasteiger partial charge in [0.25, 0.3) is 0 Å². The van der Waals surface area contributed by atoms with Crippen molar-refractivity contribution >= 4 is 15.9 Å². The molecule has 1 nitrogen and oxygen atoms in total. The molecule has 0 radical (unpaired) electrons. The zero-order chi connectivity index (χ0) is 11.6. The lowest BCUT2D eigenvalue weighted by Gasteiger charge is -2.14. The van der Waals surface area contributed by atoms with Crippen molar-refractivity contribution < 1.29 is 4.39 Å². The quantitative estimate of drug-likeness (QED) is 0.866. The fourth-order valence-electron chi connectivity index (χ4n) is 1.96. The Morgan fingerprint density at radius 3 is 2.75 bits per heavy atom. The van der Waals surface area contributed by atoms with Crippen LogP contribution in [-0.4, -0.2) is 6.54 Å². The smallest absolute Gasteiger partial charge is 0.124 e. The molecular weight excluding hydrogens is 269 g/mol. The fraction of sp³-hybridized carbons (Fsp3) is 0.538. The topological polar surface area (TPSA) is 12.0 Å². The van der Waals surface area contributed by atoms with E-state index in [0.29, 0.717) is 5.41 Å². The molecule has 0 spiro atoms. The molecule has 3 heteroatoms. The van der Waals surface area contributed by atoms with Crippen molar-refractivity contribution in [2.24, 2.45) is 5.41 Å². The molecule has 0 saturated heterocycles. The normalized spacial score (nSPS) is 17.4. The summed E-state index contributed by atoms with van der Waals surface area (Å²) in [6, 6.07) is 4.86. The predicted octanol–water partition coefficient (Wildman–Crippen LogP) is 3.87.